The summed E-state index contributed by atoms with van der Waals surface area (Å²) in [4.78, 5) is 24.5. The fourth-order valence-corrected chi connectivity index (χ4v) is 4.70. The average Bonchev–Trinajstić information content (AvgIpc) is 3.05. The van der Waals surface area contributed by atoms with E-state index in [9.17, 15) is 22.6 Å². The van der Waals surface area contributed by atoms with Crippen LogP contribution in [0.15, 0.2) is 89.8 Å². The van der Waals surface area contributed by atoms with Crippen LogP contribution in [0.1, 0.15) is 117 Å². The molecule has 0 bridgehead atoms. The molecule has 0 saturated heterocycles. The van der Waals surface area contributed by atoms with Gasteiger partial charge >= 0.3 is 41.5 Å². The van der Waals surface area contributed by atoms with E-state index in [1.54, 1.807) is 30.3 Å². The summed E-state index contributed by atoms with van der Waals surface area (Å²) in [5.41, 5.74) is 1.91. The summed E-state index contributed by atoms with van der Waals surface area (Å²) in [6, 6.07) is 24.2. The average molecular weight is 663 g/mol. The van der Waals surface area contributed by atoms with Crippen molar-refractivity contribution in [3.8, 4) is 0 Å². The van der Waals surface area contributed by atoms with Crippen LogP contribution in [0.5, 0.6) is 0 Å². The molecule has 0 fully saturated rings. The molecule has 0 saturated carbocycles. The number of hydrogen-bond donors (Lipinski definition) is 0. The van der Waals surface area contributed by atoms with Crippen LogP contribution in [0.25, 0.3) is 0 Å². The van der Waals surface area contributed by atoms with Crippen molar-refractivity contribution in [1.82, 2.24) is 0 Å². The number of ether oxygens (including phenoxy) is 2. The molecule has 3 rings (SSSR count). The van der Waals surface area contributed by atoms with Gasteiger partial charge in [-0.3, -0.25) is 0 Å². The number of esters is 2. The third-order valence-electron chi connectivity index (χ3n) is 6.80. The Morgan fingerprint density at radius 2 is 0.913 bits per heavy atom. The SMILES string of the molecule is CCCCCCCCOC(=O)c1ccccc1C(=O)OCCCCCCCC.Cc1ccccc1.O=S(=O)([O-])c1ccccc1.[Na+]. The summed E-state index contributed by atoms with van der Waals surface area (Å²) in [7, 11) is -4.25. The molecular weight excluding hydrogens is 611 g/mol. The van der Waals surface area contributed by atoms with E-state index >= 15 is 0 Å². The van der Waals surface area contributed by atoms with Crippen LogP contribution in [-0.4, -0.2) is 38.1 Å². The Bertz CT molecular complexity index is 1250. The number of aryl methyl sites for hydroxylation is 1. The van der Waals surface area contributed by atoms with Crippen LogP contribution in [0.4, 0.5) is 0 Å². The number of benzene rings is 3. The molecule has 3 aromatic rings. The van der Waals surface area contributed by atoms with Crippen molar-refractivity contribution in [3.63, 3.8) is 0 Å². The minimum Gasteiger partial charge on any atom is -0.744 e. The molecule has 0 N–H and O–H groups in total. The largest absolute Gasteiger partial charge is 1.00 e. The zero-order valence-electron chi connectivity index (χ0n) is 28.2. The Hall–Kier alpha value is -2.49. The molecule has 9 heteroatoms. The van der Waals surface area contributed by atoms with Gasteiger partial charge in [-0.2, -0.15) is 0 Å². The van der Waals surface area contributed by atoms with E-state index in [-0.39, 0.29) is 34.5 Å². The minimum atomic E-state index is -4.25. The third kappa shape index (κ3) is 21.3. The first-order valence-electron chi connectivity index (χ1n) is 16.2. The van der Waals surface area contributed by atoms with Crippen LogP contribution < -0.4 is 29.6 Å². The van der Waals surface area contributed by atoms with Gasteiger partial charge in [-0.1, -0.05) is 144 Å². The van der Waals surface area contributed by atoms with Gasteiger partial charge < -0.3 is 14.0 Å². The normalized spacial score (nSPS) is 10.3. The molecule has 0 radical (unpaired) electrons. The number of unbranched alkanes of at least 4 members (excludes halogenated alkanes) is 10. The molecule has 0 aliphatic rings. The van der Waals surface area contributed by atoms with Gasteiger partial charge in [0.15, 0.2) is 0 Å². The molecule has 0 amide bonds. The quantitative estimate of drug-likeness (QED) is 0.0721. The van der Waals surface area contributed by atoms with E-state index < -0.39 is 22.1 Å². The van der Waals surface area contributed by atoms with Crippen molar-refractivity contribution in [2.45, 2.75) is 103 Å². The predicted octanol–water partition coefficient (Wildman–Crippen LogP) is 6.31. The van der Waals surface area contributed by atoms with Crippen molar-refractivity contribution in [2.75, 3.05) is 13.2 Å². The van der Waals surface area contributed by atoms with Gasteiger partial charge in [0.1, 0.15) is 10.1 Å². The molecule has 0 spiro atoms. The molecule has 0 unspecified atom stereocenters. The van der Waals surface area contributed by atoms with Crippen LogP contribution in [0, 0.1) is 6.92 Å². The van der Waals surface area contributed by atoms with Crippen LogP contribution in [0.2, 0.25) is 0 Å². The van der Waals surface area contributed by atoms with E-state index in [1.165, 1.54) is 81.2 Å². The zero-order valence-corrected chi connectivity index (χ0v) is 31.1. The second kappa shape index (κ2) is 27.6. The first-order chi connectivity index (χ1) is 21.7. The Kier molecular flexibility index (Phi) is 26.1. The van der Waals surface area contributed by atoms with Gasteiger partial charge in [-0.25, -0.2) is 18.0 Å². The fraction of sp³-hybridized carbons (Fsp3) is 0.459. The molecule has 0 atom stereocenters. The topological polar surface area (TPSA) is 110 Å². The maximum atomic E-state index is 12.4. The van der Waals surface area contributed by atoms with Gasteiger partial charge in [0, 0.05) is 0 Å². The van der Waals surface area contributed by atoms with Crippen molar-refractivity contribution in [2.24, 2.45) is 0 Å². The Labute approximate surface area is 299 Å². The molecule has 248 valence electrons. The first-order valence-corrected chi connectivity index (χ1v) is 17.6. The number of carbonyl (C=O) groups excluding carboxylic acids is 2. The smallest absolute Gasteiger partial charge is 0.744 e. The summed E-state index contributed by atoms with van der Waals surface area (Å²) < 4.78 is 41.6. The van der Waals surface area contributed by atoms with Gasteiger partial charge in [0.2, 0.25) is 0 Å². The maximum absolute atomic E-state index is 12.4. The van der Waals surface area contributed by atoms with Gasteiger partial charge in [-0.05, 0) is 44.0 Å². The van der Waals surface area contributed by atoms with Crippen molar-refractivity contribution < 1.29 is 61.6 Å². The Balaban J connectivity index is 0.000000906. The van der Waals surface area contributed by atoms with E-state index in [0.717, 1.165) is 25.7 Å². The number of rotatable bonds is 17. The van der Waals surface area contributed by atoms with Gasteiger partial charge in [0.25, 0.3) is 0 Å². The molecule has 0 aromatic heterocycles. The Morgan fingerprint density at radius 1 is 0.565 bits per heavy atom. The standard InChI is InChI=1S/C24H38O4.C7H8.C6H6O3S.Na/c1-3-5-7-9-11-15-19-27-23(25)21-17-13-14-18-22(21)24(26)28-20-16-12-10-8-6-4-2;1-7-5-3-2-4-6-7;7-10(8,9)6-4-2-1-3-5-6;/h13-14,17-18H,3-12,15-16,19-20H2,1-2H3;2-6H,1H3;1-5H,(H,7,8,9);/q;;;+1/p-1. The van der Waals surface area contributed by atoms with Crippen molar-refractivity contribution >= 4 is 22.1 Å². The fourth-order valence-electron chi connectivity index (χ4n) is 4.21. The first kappa shape index (κ1) is 43.5. The summed E-state index contributed by atoms with van der Waals surface area (Å²) in [5.74, 6) is -0.888. The van der Waals surface area contributed by atoms with E-state index in [4.69, 9.17) is 9.47 Å². The molecular formula is C37H51NaO7S. The molecule has 0 heterocycles. The van der Waals surface area contributed by atoms with Crippen LogP contribution in [0.3, 0.4) is 0 Å². The van der Waals surface area contributed by atoms with Gasteiger partial charge in [-0.15, -0.1) is 0 Å². The van der Waals surface area contributed by atoms with E-state index in [1.807, 2.05) is 18.2 Å². The van der Waals surface area contributed by atoms with Crippen molar-refractivity contribution in [1.29, 1.82) is 0 Å². The number of hydrogen-bond acceptors (Lipinski definition) is 7. The molecule has 0 aliphatic carbocycles. The van der Waals surface area contributed by atoms with E-state index in [0.29, 0.717) is 24.3 Å². The second-order valence-corrected chi connectivity index (χ2v) is 12.2. The molecule has 3 aromatic carbocycles. The molecule has 46 heavy (non-hydrogen) atoms. The van der Waals surface area contributed by atoms with Crippen LogP contribution >= 0.6 is 0 Å². The van der Waals surface area contributed by atoms with Crippen LogP contribution in [-0.2, 0) is 19.6 Å². The molecule has 7 nitrogen and oxygen atoms in total. The molecule has 0 aliphatic heterocycles. The van der Waals surface area contributed by atoms with Gasteiger partial charge in [0.05, 0.1) is 29.2 Å². The summed E-state index contributed by atoms with van der Waals surface area (Å²) >= 11 is 0. The van der Waals surface area contributed by atoms with Crippen molar-refractivity contribution in [3.05, 3.63) is 102 Å². The number of carbonyl (C=O) groups is 2. The second-order valence-electron chi connectivity index (χ2n) is 10.8. The maximum Gasteiger partial charge on any atom is 1.00 e. The van der Waals surface area contributed by atoms with E-state index in [2.05, 4.69) is 32.9 Å². The summed E-state index contributed by atoms with van der Waals surface area (Å²) in [6.45, 7) is 7.26. The summed E-state index contributed by atoms with van der Waals surface area (Å²) in [6.07, 6.45) is 13.6. The predicted molar refractivity (Wildman–Crippen MR) is 179 cm³/mol. The summed E-state index contributed by atoms with van der Waals surface area (Å²) in [5, 5.41) is 0. The minimum absolute atomic E-state index is 0. The monoisotopic (exact) mass is 662 g/mol. The zero-order chi connectivity index (χ0) is 33.2. The third-order valence-corrected chi connectivity index (χ3v) is 7.65. The Morgan fingerprint density at radius 3 is 1.24 bits per heavy atom.